The van der Waals surface area contributed by atoms with E-state index in [9.17, 15) is 4.79 Å². The van der Waals surface area contributed by atoms with Crippen LogP contribution in [0.2, 0.25) is 0 Å². The van der Waals surface area contributed by atoms with Gasteiger partial charge in [-0.15, -0.1) is 0 Å². The van der Waals surface area contributed by atoms with Crippen molar-refractivity contribution in [2.45, 2.75) is 77.9 Å². The van der Waals surface area contributed by atoms with Crippen LogP contribution < -0.4 is 5.73 Å². The minimum absolute atomic E-state index is 0.256. The number of nitrogens with two attached hydrogens (primary N) is 1. The number of carbonyl (C=O) groups excluding carboxylic acids is 1. The number of fused-ring (bicyclic) bond motifs is 3. The molecule has 0 amide bonds. The van der Waals surface area contributed by atoms with E-state index >= 15 is 0 Å². The molecule has 2 N–H and O–H groups in total. The molecule has 3 aliphatic rings. The first-order valence-corrected chi connectivity index (χ1v) is 8.23. The molecule has 0 unspecified atom stereocenters. The Kier molecular flexibility index (Phi) is 3.30. The first kappa shape index (κ1) is 14.5. The lowest BCUT2D eigenvalue weighted by Crippen LogP contribution is -2.29. The van der Waals surface area contributed by atoms with Gasteiger partial charge in [-0.05, 0) is 56.4 Å². The summed E-state index contributed by atoms with van der Waals surface area (Å²) in [5.41, 5.74) is 6.32. The summed E-state index contributed by atoms with van der Waals surface area (Å²) < 4.78 is 6.22. The second kappa shape index (κ2) is 4.54. The molecule has 1 aliphatic heterocycles. The van der Waals surface area contributed by atoms with Crippen molar-refractivity contribution in [3.8, 4) is 0 Å². The smallest absolute Gasteiger partial charge is 0.133 e. The van der Waals surface area contributed by atoms with Crippen LogP contribution in [0.5, 0.6) is 0 Å². The molecule has 0 bridgehead atoms. The van der Waals surface area contributed by atoms with Crippen molar-refractivity contribution in [3.05, 3.63) is 0 Å². The van der Waals surface area contributed by atoms with Crippen LogP contribution in [0.3, 0.4) is 0 Å². The molecule has 0 aromatic heterocycles. The lowest BCUT2D eigenvalue weighted by molar-refractivity contribution is -0.120. The zero-order valence-electron chi connectivity index (χ0n) is 13.2. The molecule has 20 heavy (non-hydrogen) atoms. The van der Waals surface area contributed by atoms with E-state index in [0.29, 0.717) is 36.4 Å². The Hall–Kier alpha value is -0.410. The van der Waals surface area contributed by atoms with E-state index in [1.54, 1.807) is 0 Å². The van der Waals surface area contributed by atoms with Crippen LogP contribution in [0.4, 0.5) is 0 Å². The number of hydrogen-bond acceptors (Lipinski definition) is 3. The Balaban J connectivity index is 1.64. The first-order chi connectivity index (χ1) is 9.35. The van der Waals surface area contributed by atoms with Crippen LogP contribution in [-0.2, 0) is 9.53 Å². The molecule has 2 saturated carbocycles. The summed E-state index contributed by atoms with van der Waals surface area (Å²) in [4.78, 5) is 12.3. The van der Waals surface area contributed by atoms with Crippen LogP contribution >= 0.6 is 0 Å². The topological polar surface area (TPSA) is 52.3 Å². The van der Waals surface area contributed by atoms with Crippen molar-refractivity contribution in [1.82, 2.24) is 0 Å². The summed E-state index contributed by atoms with van der Waals surface area (Å²) in [7, 11) is 0. The highest BCUT2D eigenvalue weighted by molar-refractivity contribution is 5.80. The minimum atomic E-state index is 0.256. The Morgan fingerprint density at radius 1 is 1.30 bits per heavy atom. The normalized spacial score (nSPS) is 49.0. The fraction of sp³-hybridized carbons (Fsp3) is 0.941. The molecule has 3 heteroatoms. The van der Waals surface area contributed by atoms with Gasteiger partial charge in [-0.3, -0.25) is 4.79 Å². The molecule has 1 saturated heterocycles. The van der Waals surface area contributed by atoms with Gasteiger partial charge in [0.15, 0.2) is 0 Å². The third-order valence-electron chi connectivity index (χ3n) is 6.31. The SMILES string of the molecule is C[C@H]1C[C@@]2(C)C[C@]3(CC(=O)CCCCN)C[C@]3(C)[C@H]2O1. The van der Waals surface area contributed by atoms with Crippen molar-refractivity contribution in [1.29, 1.82) is 0 Å². The molecule has 114 valence electrons. The van der Waals surface area contributed by atoms with Crippen molar-refractivity contribution in [2.24, 2.45) is 22.0 Å². The van der Waals surface area contributed by atoms with Gasteiger partial charge >= 0.3 is 0 Å². The number of ether oxygens (including phenoxy) is 1. The second-order valence-corrected chi connectivity index (χ2v) is 8.20. The zero-order chi connectivity index (χ0) is 14.6. The second-order valence-electron chi connectivity index (χ2n) is 8.20. The number of Topliss-reactive ketones (excluding diaryl/α,β-unsaturated/α-hetero) is 1. The number of ketones is 1. The molecule has 0 spiro atoms. The largest absolute Gasteiger partial charge is 0.374 e. The lowest BCUT2D eigenvalue weighted by atomic mass is 9.77. The van der Waals surface area contributed by atoms with Crippen LogP contribution in [-0.4, -0.2) is 24.5 Å². The Morgan fingerprint density at radius 2 is 2.05 bits per heavy atom. The highest BCUT2D eigenvalue weighted by Gasteiger charge is 2.79. The molecule has 0 aromatic rings. The third kappa shape index (κ3) is 1.97. The van der Waals surface area contributed by atoms with Gasteiger partial charge < -0.3 is 10.5 Å². The van der Waals surface area contributed by atoms with Gasteiger partial charge in [0.2, 0.25) is 0 Å². The summed E-state index contributed by atoms with van der Waals surface area (Å²) in [5.74, 6) is 0.443. The lowest BCUT2D eigenvalue weighted by Gasteiger charge is -2.27. The van der Waals surface area contributed by atoms with Crippen molar-refractivity contribution < 1.29 is 9.53 Å². The maximum atomic E-state index is 12.3. The summed E-state index contributed by atoms with van der Waals surface area (Å²) in [6.45, 7) is 7.62. The predicted octanol–water partition coefficient (Wildman–Crippen LogP) is 3.06. The number of unbranched alkanes of at least 4 members (excludes halogenated alkanes) is 1. The van der Waals surface area contributed by atoms with Gasteiger partial charge in [0.25, 0.3) is 0 Å². The van der Waals surface area contributed by atoms with Gasteiger partial charge in [-0.1, -0.05) is 13.8 Å². The Morgan fingerprint density at radius 3 is 2.70 bits per heavy atom. The quantitative estimate of drug-likeness (QED) is 0.760. The average Bonchev–Trinajstić information content (AvgIpc) is 2.66. The number of rotatable bonds is 6. The van der Waals surface area contributed by atoms with E-state index in [4.69, 9.17) is 10.5 Å². The van der Waals surface area contributed by atoms with Crippen molar-refractivity contribution >= 4 is 5.78 Å². The van der Waals surface area contributed by atoms with Crippen molar-refractivity contribution in [3.63, 3.8) is 0 Å². The summed E-state index contributed by atoms with van der Waals surface area (Å²) >= 11 is 0. The first-order valence-electron chi connectivity index (χ1n) is 8.23. The number of hydrogen-bond donors (Lipinski definition) is 1. The van der Waals surface area contributed by atoms with E-state index < -0.39 is 0 Å². The summed E-state index contributed by atoms with van der Waals surface area (Å²) in [6, 6.07) is 0. The van der Waals surface area contributed by atoms with Crippen LogP contribution in [0.15, 0.2) is 0 Å². The predicted molar refractivity (Wildman–Crippen MR) is 79.4 cm³/mol. The summed E-state index contributed by atoms with van der Waals surface area (Å²) in [5, 5.41) is 0. The molecule has 3 rings (SSSR count). The maximum absolute atomic E-state index is 12.3. The van der Waals surface area contributed by atoms with Gasteiger partial charge in [0.1, 0.15) is 5.78 Å². The monoisotopic (exact) mass is 279 g/mol. The van der Waals surface area contributed by atoms with E-state index in [1.165, 1.54) is 12.8 Å². The van der Waals surface area contributed by atoms with Gasteiger partial charge in [0, 0.05) is 18.3 Å². The Bertz CT molecular complexity index is 423. The fourth-order valence-corrected chi connectivity index (χ4v) is 5.62. The zero-order valence-corrected chi connectivity index (χ0v) is 13.2. The number of carbonyl (C=O) groups is 1. The minimum Gasteiger partial charge on any atom is -0.374 e. The molecule has 3 nitrogen and oxygen atoms in total. The molecular formula is C17H29NO2. The van der Waals surface area contributed by atoms with E-state index in [2.05, 4.69) is 20.8 Å². The highest BCUT2D eigenvalue weighted by atomic mass is 16.5. The van der Waals surface area contributed by atoms with Gasteiger partial charge in [-0.2, -0.15) is 0 Å². The average molecular weight is 279 g/mol. The molecular weight excluding hydrogens is 250 g/mol. The molecule has 5 atom stereocenters. The maximum Gasteiger partial charge on any atom is 0.133 e. The fourth-order valence-electron chi connectivity index (χ4n) is 5.62. The summed E-state index contributed by atoms with van der Waals surface area (Å²) in [6.07, 6.45) is 7.72. The third-order valence-corrected chi connectivity index (χ3v) is 6.31. The standard InChI is InChI=1S/C17H29NO2/c1-12-8-15(2)10-17(9-13(19)6-4-5-7-18)11-16(17,3)14(15)20-12/h12,14H,4-11,18H2,1-3H3/t12-,14-,15-,16+,17+/m0/s1. The van der Waals surface area contributed by atoms with Crippen molar-refractivity contribution in [2.75, 3.05) is 6.54 Å². The highest BCUT2D eigenvalue weighted by Crippen LogP contribution is 2.81. The van der Waals surface area contributed by atoms with Gasteiger partial charge in [0.05, 0.1) is 12.2 Å². The molecule has 3 fully saturated rings. The van der Waals surface area contributed by atoms with Gasteiger partial charge in [-0.25, -0.2) is 0 Å². The molecule has 2 aliphatic carbocycles. The van der Waals surface area contributed by atoms with Crippen LogP contribution in [0, 0.1) is 16.2 Å². The molecule has 0 radical (unpaired) electrons. The van der Waals surface area contributed by atoms with E-state index in [-0.39, 0.29) is 10.8 Å². The van der Waals surface area contributed by atoms with Crippen LogP contribution in [0.25, 0.3) is 0 Å². The van der Waals surface area contributed by atoms with Crippen LogP contribution in [0.1, 0.15) is 65.7 Å². The molecule has 1 heterocycles. The Labute approximate surface area is 122 Å². The molecule has 0 aromatic carbocycles. The van der Waals surface area contributed by atoms with E-state index in [0.717, 1.165) is 25.7 Å². The van der Waals surface area contributed by atoms with E-state index in [1.807, 2.05) is 0 Å².